The van der Waals surface area contributed by atoms with Gasteiger partial charge in [0.25, 0.3) is 0 Å². The highest BCUT2D eigenvalue weighted by Gasteiger charge is 2.33. The first-order valence-corrected chi connectivity index (χ1v) is 2.82. The lowest BCUT2D eigenvalue weighted by molar-refractivity contribution is -0.569. The number of nitro groups is 1. The summed E-state index contributed by atoms with van der Waals surface area (Å²) >= 11 is 0. The van der Waals surface area contributed by atoms with Crippen molar-refractivity contribution < 1.29 is 10.0 Å². The highest BCUT2D eigenvalue weighted by molar-refractivity contribution is 4.68. The summed E-state index contributed by atoms with van der Waals surface area (Å²) in [4.78, 5) is 9.68. The van der Waals surface area contributed by atoms with E-state index in [-0.39, 0.29) is 0 Å². The van der Waals surface area contributed by atoms with Crippen LogP contribution in [0.4, 0.5) is 0 Å². The van der Waals surface area contributed by atoms with Gasteiger partial charge in [-0.05, 0) is 0 Å². The van der Waals surface area contributed by atoms with Crippen LogP contribution in [0.2, 0.25) is 0 Å². The van der Waals surface area contributed by atoms with E-state index in [9.17, 15) is 10.1 Å². The molecule has 0 radical (unpaired) electrons. The number of hydrogen-bond donors (Lipinski definition) is 1. The van der Waals surface area contributed by atoms with Gasteiger partial charge in [0.05, 0.1) is 0 Å². The highest BCUT2D eigenvalue weighted by Crippen LogP contribution is 2.11. The van der Waals surface area contributed by atoms with Gasteiger partial charge >= 0.3 is 0 Å². The van der Waals surface area contributed by atoms with Crippen molar-refractivity contribution in [1.82, 2.24) is 0 Å². The summed E-state index contributed by atoms with van der Waals surface area (Å²) in [6.45, 7) is 2.71. The Kier molecular flexibility index (Phi) is 2.58. The van der Waals surface area contributed by atoms with Crippen LogP contribution in [0.25, 0.3) is 0 Å². The molecule has 0 aromatic carbocycles. The van der Waals surface area contributed by atoms with Gasteiger partial charge in [-0.3, -0.25) is 10.1 Å². The average molecular weight is 133 g/mol. The lowest BCUT2D eigenvalue weighted by Gasteiger charge is -2.14. The molecule has 9 heavy (non-hydrogen) atoms. The molecule has 0 aliphatic heterocycles. The minimum absolute atomic E-state index is 0.358. The Morgan fingerprint density at radius 1 is 1.78 bits per heavy atom. The lowest BCUT2D eigenvalue weighted by Crippen LogP contribution is -2.37. The fourth-order valence-electron chi connectivity index (χ4n) is 0.299. The molecule has 4 heteroatoms. The standard InChI is InChI=1S/C5H11NO3/c1-3-5(2,4-7)6(8)9/h7H,3-4H2,1-2H3. The quantitative estimate of drug-likeness (QED) is 0.448. The number of hydrogen-bond acceptors (Lipinski definition) is 3. The summed E-state index contributed by atoms with van der Waals surface area (Å²) in [6, 6.07) is 0. The van der Waals surface area contributed by atoms with Crippen molar-refractivity contribution in [3.8, 4) is 0 Å². The van der Waals surface area contributed by atoms with Gasteiger partial charge in [-0.25, -0.2) is 0 Å². The molecule has 0 heterocycles. The van der Waals surface area contributed by atoms with Crippen LogP contribution in [-0.4, -0.2) is 22.2 Å². The fourth-order valence-corrected chi connectivity index (χ4v) is 0.299. The molecule has 0 saturated heterocycles. The van der Waals surface area contributed by atoms with E-state index in [1.165, 1.54) is 6.92 Å². The first-order chi connectivity index (χ1) is 4.06. The summed E-state index contributed by atoms with van der Waals surface area (Å²) in [5.41, 5.74) is -1.14. The number of rotatable bonds is 3. The smallest absolute Gasteiger partial charge is 0.241 e. The average Bonchev–Trinajstić information content (AvgIpc) is 1.86. The number of nitrogens with zero attached hydrogens (tertiary/aromatic N) is 1. The molecule has 0 saturated carbocycles. The van der Waals surface area contributed by atoms with Crippen LogP contribution in [0.15, 0.2) is 0 Å². The van der Waals surface area contributed by atoms with E-state index >= 15 is 0 Å². The van der Waals surface area contributed by atoms with Crippen molar-refractivity contribution in [2.24, 2.45) is 0 Å². The largest absolute Gasteiger partial charge is 0.389 e. The lowest BCUT2D eigenvalue weighted by atomic mass is 10.0. The maximum Gasteiger partial charge on any atom is 0.241 e. The molecule has 0 aliphatic carbocycles. The molecular formula is C5H11NO3. The maximum absolute atomic E-state index is 10.1. The number of aliphatic hydroxyl groups is 1. The Hall–Kier alpha value is -0.640. The van der Waals surface area contributed by atoms with Crippen LogP contribution in [0.5, 0.6) is 0 Å². The minimum atomic E-state index is -1.14. The van der Waals surface area contributed by atoms with Gasteiger partial charge in [0.1, 0.15) is 6.61 Å². The van der Waals surface area contributed by atoms with Gasteiger partial charge in [-0.15, -0.1) is 0 Å². The summed E-state index contributed by atoms with van der Waals surface area (Å²) in [5, 5.41) is 18.6. The predicted molar refractivity (Wildman–Crippen MR) is 32.8 cm³/mol. The first kappa shape index (κ1) is 8.36. The molecule has 0 rings (SSSR count). The molecule has 1 unspecified atom stereocenters. The second kappa shape index (κ2) is 2.77. The monoisotopic (exact) mass is 133 g/mol. The minimum Gasteiger partial charge on any atom is -0.389 e. The van der Waals surface area contributed by atoms with Crippen molar-refractivity contribution in [1.29, 1.82) is 0 Å². The van der Waals surface area contributed by atoms with E-state index < -0.39 is 17.1 Å². The topological polar surface area (TPSA) is 63.4 Å². The van der Waals surface area contributed by atoms with E-state index in [0.29, 0.717) is 6.42 Å². The molecule has 4 nitrogen and oxygen atoms in total. The van der Waals surface area contributed by atoms with E-state index in [1.54, 1.807) is 6.92 Å². The van der Waals surface area contributed by atoms with Gasteiger partial charge in [0, 0.05) is 18.3 Å². The van der Waals surface area contributed by atoms with E-state index in [1.807, 2.05) is 0 Å². The van der Waals surface area contributed by atoms with Gasteiger partial charge in [-0.1, -0.05) is 6.92 Å². The highest BCUT2D eigenvalue weighted by atomic mass is 16.6. The van der Waals surface area contributed by atoms with Crippen LogP contribution >= 0.6 is 0 Å². The molecular weight excluding hydrogens is 122 g/mol. The van der Waals surface area contributed by atoms with Gasteiger partial charge < -0.3 is 5.11 Å². The third-order valence-corrected chi connectivity index (χ3v) is 1.54. The van der Waals surface area contributed by atoms with E-state index in [0.717, 1.165) is 0 Å². The zero-order chi connectivity index (χ0) is 7.49. The van der Waals surface area contributed by atoms with Crippen LogP contribution in [0, 0.1) is 10.1 Å². The van der Waals surface area contributed by atoms with Gasteiger partial charge in [0.15, 0.2) is 0 Å². The van der Waals surface area contributed by atoms with E-state index in [4.69, 9.17) is 5.11 Å². The summed E-state index contributed by atoms with van der Waals surface area (Å²) in [6.07, 6.45) is 0.358. The van der Waals surface area contributed by atoms with Crippen molar-refractivity contribution in [3.63, 3.8) is 0 Å². The van der Waals surface area contributed by atoms with E-state index in [2.05, 4.69) is 0 Å². The molecule has 0 amide bonds. The molecule has 0 spiro atoms. The van der Waals surface area contributed by atoms with Crippen molar-refractivity contribution in [2.45, 2.75) is 25.8 Å². The van der Waals surface area contributed by atoms with Crippen molar-refractivity contribution in [3.05, 3.63) is 10.1 Å². The van der Waals surface area contributed by atoms with Gasteiger partial charge in [0.2, 0.25) is 5.54 Å². The van der Waals surface area contributed by atoms with Gasteiger partial charge in [-0.2, -0.15) is 0 Å². The Labute approximate surface area is 53.6 Å². The Bertz CT molecular complexity index is 109. The third kappa shape index (κ3) is 1.64. The fraction of sp³-hybridized carbons (Fsp3) is 1.00. The molecule has 1 N–H and O–H groups in total. The van der Waals surface area contributed by atoms with Crippen molar-refractivity contribution >= 4 is 0 Å². The molecule has 0 aromatic rings. The second-order valence-corrected chi connectivity index (χ2v) is 2.27. The molecule has 1 atom stereocenters. The normalized spacial score (nSPS) is 16.8. The zero-order valence-corrected chi connectivity index (χ0v) is 5.63. The summed E-state index contributed by atoms with van der Waals surface area (Å²) in [5.74, 6) is 0. The SMILES string of the molecule is CCC(C)(CO)[N+](=O)[O-]. The number of aliphatic hydroxyl groups excluding tert-OH is 1. The molecule has 0 fully saturated rings. The van der Waals surface area contributed by atoms with Crippen LogP contribution in [0.1, 0.15) is 20.3 Å². The van der Waals surface area contributed by atoms with Crippen LogP contribution < -0.4 is 0 Å². The van der Waals surface area contributed by atoms with Crippen molar-refractivity contribution in [2.75, 3.05) is 6.61 Å². The molecule has 0 aliphatic rings. The Morgan fingerprint density at radius 3 is 2.22 bits per heavy atom. The summed E-state index contributed by atoms with van der Waals surface area (Å²) < 4.78 is 0. The third-order valence-electron chi connectivity index (χ3n) is 1.54. The molecule has 0 bridgehead atoms. The summed E-state index contributed by atoms with van der Waals surface area (Å²) in [7, 11) is 0. The zero-order valence-electron chi connectivity index (χ0n) is 5.63. The Balaban J connectivity index is 4.09. The molecule has 54 valence electrons. The van der Waals surface area contributed by atoms with Crippen LogP contribution in [0.3, 0.4) is 0 Å². The predicted octanol–water partition coefficient (Wildman–Crippen LogP) is 0.424. The maximum atomic E-state index is 10.1. The Morgan fingerprint density at radius 2 is 2.22 bits per heavy atom. The molecule has 0 aromatic heterocycles. The second-order valence-electron chi connectivity index (χ2n) is 2.27. The van der Waals surface area contributed by atoms with Crippen LogP contribution in [-0.2, 0) is 0 Å². The first-order valence-electron chi connectivity index (χ1n) is 2.82.